The number of hydrogen-bond donors (Lipinski definition) is 2. The minimum atomic E-state index is -0.223. The lowest BCUT2D eigenvalue weighted by Gasteiger charge is -2.19. The molecule has 0 fully saturated rings. The van der Waals surface area contributed by atoms with E-state index in [4.69, 9.17) is 0 Å². The molecule has 1 N–H and O–H groups in total. The molecule has 0 heterocycles. The van der Waals surface area contributed by atoms with E-state index in [0.29, 0.717) is 0 Å². The molecule has 1 aromatic carbocycles. The predicted molar refractivity (Wildman–Crippen MR) is 66.5 cm³/mol. The van der Waals surface area contributed by atoms with Gasteiger partial charge in [-0.1, -0.05) is 31.9 Å². The van der Waals surface area contributed by atoms with Crippen molar-refractivity contribution in [1.82, 2.24) is 5.32 Å². The van der Waals surface area contributed by atoms with Crippen LogP contribution in [0.1, 0.15) is 18.1 Å². The van der Waals surface area contributed by atoms with E-state index in [1.54, 1.807) is 7.05 Å². The number of thiol groups is 1. The number of hydrogen-bond acceptors (Lipinski definition) is 2. The molecular weight excluding hydrogens is 208 g/mol. The van der Waals surface area contributed by atoms with Crippen LogP contribution in [-0.2, 0) is 6.42 Å². The average molecular weight is 224 g/mol. The van der Waals surface area contributed by atoms with Crippen molar-refractivity contribution in [1.29, 1.82) is 0 Å². The third kappa shape index (κ3) is 2.45. The third-order valence-electron chi connectivity index (χ3n) is 2.37. The zero-order valence-electron chi connectivity index (χ0n) is 9.24. The van der Waals surface area contributed by atoms with Crippen molar-refractivity contribution in [2.45, 2.75) is 20.3 Å². The SMILES string of the molecule is CCc1c(C)cccc1N(S)C(=O)NC. The Hall–Kier alpha value is -1.16. The molecule has 0 atom stereocenters. The van der Waals surface area contributed by atoms with Gasteiger partial charge in [0.25, 0.3) is 0 Å². The Morgan fingerprint density at radius 3 is 2.73 bits per heavy atom. The van der Waals surface area contributed by atoms with Crippen LogP contribution in [-0.4, -0.2) is 13.1 Å². The quantitative estimate of drug-likeness (QED) is 0.743. The van der Waals surface area contributed by atoms with Crippen LogP contribution in [0.2, 0.25) is 0 Å². The van der Waals surface area contributed by atoms with Crippen LogP contribution in [0.4, 0.5) is 10.5 Å². The maximum Gasteiger partial charge on any atom is 0.331 e. The minimum absolute atomic E-state index is 0.223. The smallest absolute Gasteiger partial charge is 0.331 e. The van der Waals surface area contributed by atoms with Gasteiger partial charge in [-0.15, -0.1) is 0 Å². The average Bonchev–Trinajstić information content (AvgIpc) is 2.26. The maximum absolute atomic E-state index is 11.4. The second kappa shape index (κ2) is 5.07. The Balaban J connectivity index is 3.13. The van der Waals surface area contributed by atoms with E-state index in [2.05, 4.69) is 25.1 Å². The molecule has 0 bridgehead atoms. The molecule has 0 saturated heterocycles. The summed E-state index contributed by atoms with van der Waals surface area (Å²) in [6.07, 6.45) is 0.885. The van der Waals surface area contributed by atoms with Crippen LogP contribution in [0.3, 0.4) is 0 Å². The molecule has 15 heavy (non-hydrogen) atoms. The lowest BCUT2D eigenvalue weighted by atomic mass is 10.0. The Kier molecular flexibility index (Phi) is 4.03. The maximum atomic E-state index is 11.4. The number of aryl methyl sites for hydroxylation is 1. The molecule has 0 aliphatic carbocycles. The molecule has 1 aromatic rings. The normalized spacial score (nSPS) is 9.87. The van der Waals surface area contributed by atoms with Gasteiger partial charge < -0.3 is 5.32 Å². The van der Waals surface area contributed by atoms with Gasteiger partial charge in [0.15, 0.2) is 0 Å². The molecule has 0 aromatic heterocycles. The van der Waals surface area contributed by atoms with Gasteiger partial charge >= 0.3 is 6.03 Å². The van der Waals surface area contributed by atoms with Gasteiger partial charge in [-0.2, -0.15) is 0 Å². The molecule has 4 heteroatoms. The number of carbonyl (C=O) groups is 1. The highest BCUT2D eigenvalue weighted by Gasteiger charge is 2.14. The van der Waals surface area contributed by atoms with Crippen molar-refractivity contribution in [3.8, 4) is 0 Å². The summed E-state index contributed by atoms with van der Waals surface area (Å²) in [5, 5.41) is 2.54. The number of anilines is 1. The highest BCUT2D eigenvalue weighted by molar-refractivity contribution is 7.82. The Morgan fingerprint density at radius 1 is 1.53 bits per heavy atom. The number of nitrogens with one attached hydrogen (secondary N) is 1. The van der Waals surface area contributed by atoms with Crippen LogP contribution in [0.25, 0.3) is 0 Å². The van der Waals surface area contributed by atoms with E-state index >= 15 is 0 Å². The first kappa shape index (κ1) is 11.9. The number of carbonyl (C=O) groups excluding carboxylic acids is 1. The molecule has 0 aliphatic heterocycles. The van der Waals surface area contributed by atoms with Crippen molar-refractivity contribution in [2.75, 3.05) is 11.4 Å². The van der Waals surface area contributed by atoms with Gasteiger partial charge in [0.1, 0.15) is 0 Å². The Labute approximate surface area is 96.0 Å². The summed E-state index contributed by atoms with van der Waals surface area (Å²) >= 11 is 4.19. The molecule has 0 saturated carbocycles. The van der Waals surface area contributed by atoms with Gasteiger partial charge in [0.2, 0.25) is 0 Å². The van der Waals surface area contributed by atoms with Gasteiger partial charge in [0.05, 0.1) is 5.69 Å². The lowest BCUT2D eigenvalue weighted by molar-refractivity contribution is 0.252. The highest BCUT2D eigenvalue weighted by Crippen LogP contribution is 2.25. The largest absolute Gasteiger partial charge is 0.340 e. The minimum Gasteiger partial charge on any atom is -0.340 e. The summed E-state index contributed by atoms with van der Waals surface area (Å²) < 4.78 is 1.34. The van der Waals surface area contributed by atoms with Crippen LogP contribution < -0.4 is 9.62 Å². The standard InChI is InChI=1S/C11H16N2OS/c1-4-9-8(2)6-5-7-10(9)13(15)11(14)12-3/h5-7,15H,4H2,1-3H3,(H,12,14). The zero-order valence-corrected chi connectivity index (χ0v) is 10.1. The molecule has 1 rings (SSSR count). The summed E-state index contributed by atoms with van der Waals surface area (Å²) in [7, 11) is 1.59. The second-order valence-electron chi connectivity index (χ2n) is 3.29. The molecule has 0 aliphatic rings. The van der Waals surface area contributed by atoms with E-state index in [0.717, 1.165) is 17.7 Å². The fraction of sp³-hybridized carbons (Fsp3) is 0.364. The summed E-state index contributed by atoms with van der Waals surface area (Å²) in [5.74, 6) is 0. The van der Waals surface area contributed by atoms with Crippen molar-refractivity contribution < 1.29 is 4.79 Å². The van der Waals surface area contributed by atoms with Crippen molar-refractivity contribution in [2.24, 2.45) is 0 Å². The third-order valence-corrected chi connectivity index (χ3v) is 2.77. The molecular formula is C11H16N2OS. The summed E-state index contributed by atoms with van der Waals surface area (Å²) in [4.78, 5) is 11.4. The van der Waals surface area contributed by atoms with Crippen molar-refractivity contribution >= 4 is 24.5 Å². The van der Waals surface area contributed by atoms with Crippen LogP contribution in [0, 0.1) is 6.92 Å². The fourth-order valence-corrected chi connectivity index (χ4v) is 1.85. The topological polar surface area (TPSA) is 32.3 Å². The predicted octanol–water partition coefficient (Wildman–Crippen LogP) is 2.55. The Bertz CT molecular complexity index is 366. The molecule has 2 amide bonds. The van der Waals surface area contributed by atoms with E-state index in [1.165, 1.54) is 9.87 Å². The van der Waals surface area contributed by atoms with Gasteiger partial charge in [-0.3, -0.25) is 0 Å². The summed E-state index contributed by atoms with van der Waals surface area (Å²) in [5.41, 5.74) is 3.18. The summed E-state index contributed by atoms with van der Waals surface area (Å²) in [6.45, 7) is 4.10. The first-order chi connectivity index (χ1) is 7.11. The van der Waals surface area contributed by atoms with Crippen LogP contribution >= 0.6 is 12.8 Å². The summed E-state index contributed by atoms with van der Waals surface area (Å²) in [6, 6.07) is 5.64. The van der Waals surface area contributed by atoms with Crippen molar-refractivity contribution in [3.63, 3.8) is 0 Å². The van der Waals surface area contributed by atoms with Crippen LogP contribution in [0.15, 0.2) is 18.2 Å². The van der Waals surface area contributed by atoms with Gasteiger partial charge in [0, 0.05) is 7.05 Å². The van der Waals surface area contributed by atoms with Crippen LogP contribution in [0.5, 0.6) is 0 Å². The highest BCUT2D eigenvalue weighted by atomic mass is 32.1. The van der Waals surface area contributed by atoms with E-state index in [-0.39, 0.29) is 6.03 Å². The monoisotopic (exact) mass is 224 g/mol. The second-order valence-corrected chi connectivity index (χ2v) is 3.69. The van der Waals surface area contributed by atoms with Gasteiger partial charge in [-0.25, -0.2) is 9.10 Å². The van der Waals surface area contributed by atoms with E-state index in [9.17, 15) is 4.79 Å². The number of urea groups is 1. The first-order valence-corrected chi connectivity index (χ1v) is 5.31. The lowest BCUT2D eigenvalue weighted by Crippen LogP contribution is -2.31. The van der Waals surface area contributed by atoms with Gasteiger partial charge in [-0.05, 0) is 30.5 Å². The molecule has 82 valence electrons. The van der Waals surface area contributed by atoms with E-state index < -0.39 is 0 Å². The van der Waals surface area contributed by atoms with Crippen molar-refractivity contribution in [3.05, 3.63) is 29.3 Å². The number of nitrogens with zero attached hydrogens (tertiary/aromatic N) is 1. The molecule has 3 nitrogen and oxygen atoms in total. The molecule has 0 unspecified atom stereocenters. The van der Waals surface area contributed by atoms with E-state index in [1.807, 2.05) is 25.1 Å². The zero-order chi connectivity index (χ0) is 11.4. The Morgan fingerprint density at radius 2 is 2.20 bits per heavy atom. The number of benzene rings is 1. The number of amides is 2. The fourth-order valence-electron chi connectivity index (χ4n) is 1.56. The first-order valence-electron chi connectivity index (χ1n) is 4.91. The molecule has 0 radical (unpaired) electrons. The number of rotatable bonds is 2. The molecule has 0 spiro atoms.